The van der Waals surface area contributed by atoms with Gasteiger partial charge in [0.1, 0.15) is 5.76 Å². The number of hydrogen-bond donors (Lipinski definition) is 1. The van der Waals surface area contributed by atoms with E-state index in [-0.39, 0.29) is 12.4 Å². The van der Waals surface area contributed by atoms with Crippen molar-refractivity contribution in [2.45, 2.75) is 18.1 Å². The number of aryl methyl sites for hydroxylation is 1. The Morgan fingerprint density at radius 2 is 2.39 bits per heavy atom. The first-order valence-corrected chi connectivity index (χ1v) is 6.43. The SMILES string of the molecule is Cn1nnnc1SCCCNCc1ccco1.[Cl-]. The summed E-state index contributed by atoms with van der Waals surface area (Å²) >= 11 is 1.67. The van der Waals surface area contributed by atoms with E-state index in [2.05, 4.69) is 20.8 Å². The van der Waals surface area contributed by atoms with Crippen LogP contribution in [0.3, 0.4) is 0 Å². The first-order valence-electron chi connectivity index (χ1n) is 5.44. The van der Waals surface area contributed by atoms with Gasteiger partial charge in [-0.1, -0.05) is 11.8 Å². The third-order valence-electron chi connectivity index (χ3n) is 2.19. The predicted molar refractivity (Wildman–Crippen MR) is 64.6 cm³/mol. The van der Waals surface area contributed by atoms with E-state index in [1.165, 1.54) is 0 Å². The lowest BCUT2D eigenvalue weighted by Crippen LogP contribution is -3.00. The summed E-state index contributed by atoms with van der Waals surface area (Å²) in [6.45, 7) is 1.74. The Kier molecular flexibility index (Phi) is 6.77. The number of nitrogens with zero attached hydrogens (tertiary/aromatic N) is 4. The predicted octanol–water partition coefficient (Wildman–Crippen LogP) is -1.92. The van der Waals surface area contributed by atoms with Crippen molar-refractivity contribution in [3.05, 3.63) is 24.2 Å². The second kappa shape index (κ2) is 8.12. The van der Waals surface area contributed by atoms with Gasteiger partial charge in [-0.2, -0.15) is 0 Å². The van der Waals surface area contributed by atoms with Crippen molar-refractivity contribution in [1.29, 1.82) is 0 Å². The van der Waals surface area contributed by atoms with E-state index in [4.69, 9.17) is 4.42 Å². The lowest BCUT2D eigenvalue weighted by Gasteiger charge is -2.02. The molecule has 0 saturated heterocycles. The van der Waals surface area contributed by atoms with Crippen LogP contribution >= 0.6 is 11.8 Å². The van der Waals surface area contributed by atoms with Gasteiger partial charge in [-0.15, -0.1) is 5.10 Å². The van der Waals surface area contributed by atoms with E-state index < -0.39 is 0 Å². The van der Waals surface area contributed by atoms with Crippen LogP contribution in [0.25, 0.3) is 0 Å². The van der Waals surface area contributed by atoms with Gasteiger partial charge < -0.3 is 22.1 Å². The maximum absolute atomic E-state index is 5.22. The second-order valence-corrected chi connectivity index (χ2v) is 4.61. The molecule has 2 heterocycles. The van der Waals surface area contributed by atoms with Crippen LogP contribution < -0.4 is 17.7 Å². The summed E-state index contributed by atoms with van der Waals surface area (Å²) in [4.78, 5) is 0. The fraction of sp³-hybridized carbons (Fsp3) is 0.500. The Hall–Kier alpha value is -1.05. The fourth-order valence-corrected chi connectivity index (χ4v) is 2.12. The van der Waals surface area contributed by atoms with Crippen molar-refractivity contribution in [3.8, 4) is 0 Å². The van der Waals surface area contributed by atoms with Crippen molar-refractivity contribution in [2.75, 3.05) is 12.3 Å². The molecule has 0 aliphatic rings. The molecule has 1 N–H and O–H groups in total. The molecule has 0 aromatic carbocycles. The molecule has 0 saturated carbocycles. The smallest absolute Gasteiger partial charge is 0.209 e. The quantitative estimate of drug-likeness (QED) is 0.473. The van der Waals surface area contributed by atoms with Crippen molar-refractivity contribution in [1.82, 2.24) is 25.5 Å². The molecule has 18 heavy (non-hydrogen) atoms. The average molecular weight is 289 g/mol. The third kappa shape index (κ3) is 4.67. The highest BCUT2D eigenvalue weighted by molar-refractivity contribution is 7.99. The number of furan rings is 1. The van der Waals surface area contributed by atoms with E-state index in [1.54, 1.807) is 22.7 Å². The Morgan fingerprint density at radius 3 is 3.06 bits per heavy atom. The highest BCUT2D eigenvalue weighted by Gasteiger charge is 2.01. The van der Waals surface area contributed by atoms with E-state index >= 15 is 0 Å². The fourth-order valence-electron chi connectivity index (χ4n) is 1.33. The van der Waals surface area contributed by atoms with E-state index in [0.717, 1.165) is 36.2 Å². The van der Waals surface area contributed by atoms with Crippen molar-refractivity contribution in [2.24, 2.45) is 7.05 Å². The highest BCUT2D eigenvalue weighted by atomic mass is 35.5. The largest absolute Gasteiger partial charge is 1.00 e. The maximum Gasteiger partial charge on any atom is 0.209 e. The summed E-state index contributed by atoms with van der Waals surface area (Å²) in [5.41, 5.74) is 0. The number of nitrogens with one attached hydrogen (secondary N) is 1. The molecular formula is C10H15ClN5OS-. The van der Waals surface area contributed by atoms with E-state index in [1.807, 2.05) is 19.2 Å². The number of rotatable bonds is 7. The molecule has 0 spiro atoms. The molecule has 0 bridgehead atoms. The Bertz CT molecular complexity index is 433. The van der Waals surface area contributed by atoms with Gasteiger partial charge in [0, 0.05) is 12.8 Å². The molecule has 0 unspecified atom stereocenters. The molecule has 2 aromatic heterocycles. The maximum atomic E-state index is 5.22. The highest BCUT2D eigenvalue weighted by Crippen LogP contribution is 2.12. The van der Waals surface area contributed by atoms with Crippen LogP contribution in [-0.2, 0) is 13.6 Å². The summed E-state index contributed by atoms with van der Waals surface area (Å²) in [7, 11) is 1.84. The van der Waals surface area contributed by atoms with Gasteiger partial charge in [0.2, 0.25) is 5.16 Å². The van der Waals surface area contributed by atoms with Crippen LogP contribution in [0.1, 0.15) is 12.2 Å². The number of hydrogen-bond acceptors (Lipinski definition) is 6. The van der Waals surface area contributed by atoms with Gasteiger partial charge in [-0.3, -0.25) is 0 Å². The van der Waals surface area contributed by atoms with Crippen LogP contribution in [0.2, 0.25) is 0 Å². The number of halogens is 1. The van der Waals surface area contributed by atoms with Gasteiger partial charge in [0.15, 0.2) is 0 Å². The molecule has 0 aliphatic heterocycles. The standard InChI is InChI=1S/C10H15N5OS.ClH/c1-15-10(12-13-14-15)17-7-3-5-11-8-9-4-2-6-16-9;/h2,4,6,11H,3,5,7-8H2,1H3;1H/p-1. The number of thioether (sulfide) groups is 1. The summed E-state index contributed by atoms with van der Waals surface area (Å²) in [5.74, 6) is 1.97. The normalized spacial score (nSPS) is 10.3. The molecule has 0 radical (unpaired) electrons. The van der Waals surface area contributed by atoms with Gasteiger partial charge >= 0.3 is 0 Å². The summed E-state index contributed by atoms with van der Waals surface area (Å²) in [6, 6.07) is 3.86. The zero-order chi connectivity index (χ0) is 11.9. The van der Waals surface area contributed by atoms with Gasteiger partial charge in [0.25, 0.3) is 0 Å². The molecule has 8 heteroatoms. The first-order chi connectivity index (χ1) is 8.36. The van der Waals surface area contributed by atoms with Crippen LogP contribution in [0, 0.1) is 0 Å². The Labute approximate surface area is 116 Å². The average Bonchev–Trinajstić information content (AvgIpc) is 2.95. The molecule has 2 rings (SSSR count). The third-order valence-corrected chi connectivity index (χ3v) is 3.29. The zero-order valence-electron chi connectivity index (χ0n) is 10.0. The minimum atomic E-state index is 0. The van der Waals surface area contributed by atoms with Crippen LogP contribution in [-0.4, -0.2) is 32.5 Å². The molecule has 0 fully saturated rings. The monoisotopic (exact) mass is 288 g/mol. The summed E-state index contributed by atoms with van der Waals surface area (Å²) in [5, 5.41) is 15.4. The molecular weight excluding hydrogens is 274 g/mol. The molecule has 0 amide bonds. The van der Waals surface area contributed by atoms with Crippen molar-refractivity contribution in [3.63, 3.8) is 0 Å². The molecule has 0 atom stereocenters. The molecule has 2 aromatic rings. The summed E-state index contributed by atoms with van der Waals surface area (Å²) in [6.07, 6.45) is 2.76. The molecule has 0 aliphatic carbocycles. The van der Waals surface area contributed by atoms with Gasteiger partial charge in [-0.05, 0) is 35.5 Å². The topological polar surface area (TPSA) is 68.8 Å². The molecule has 100 valence electrons. The summed E-state index contributed by atoms with van der Waals surface area (Å²) < 4.78 is 6.90. The minimum Gasteiger partial charge on any atom is -1.00 e. The van der Waals surface area contributed by atoms with E-state index in [9.17, 15) is 0 Å². The lowest BCUT2D eigenvalue weighted by atomic mass is 10.4. The number of tetrazole rings is 1. The second-order valence-electron chi connectivity index (χ2n) is 3.54. The Morgan fingerprint density at radius 1 is 1.50 bits per heavy atom. The van der Waals surface area contributed by atoms with Crippen LogP contribution in [0.4, 0.5) is 0 Å². The van der Waals surface area contributed by atoms with E-state index in [0.29, 0.717) is 0 Å². The first kappa shape index (κ1) is 15.0. The van der Waals surface area contributed by atoms with Gasteiger partial charge in [0.05, 0.1) is 12.8 Å². The van der Waals surface area contributed by atoms with Gasteiger partial charge in [-0.25, -0.2) is 4.68 Å². The van der Waals surface area contributed by atoms with Crippen LogP contribution in [0.5, 0.6) is 0 Å². The minimum absolute atomic E-state index is 0. The van der Waals surface area contributed by atoms with Crippen LogP contribution in [0.15, 0.2) is 28.0 Å². The number of aromatic nitrogens is 4. The lowest BCUT2D eigenvalue weighted by molar-refractivity contribution is -0.00000425. The van der Waals surface area contributed by atoms with Crippen molar-refractivity contribution >= 4 is 11.8 Å². The van der Waals surface area contributed by atoms with Crippen molar-refractivity contribution < 1.29 is 16.8 Å². The zero-order valence-corrected chi connectivity index (χ0v) is 11.6. The molecule has 6 nitrogen and oxygen atoms in total. The Balaban J connectivity index is 0.00000162.